The molecule has 6 heteroatoms. The minimum absolute atomic E-state index is 0.0960. The summed E-state index contributed by atoms with van der Waals surface area (Å²) in [5, 5.41) is 12.4. The van der Waals surface area contributed by atoms with Crippen molar-refractivity contribution in [2.24, 2.45) is 17.8 Å². The lowest BCUT2D eigenvalue weighted by molar-refractivity contribution is -0.144. The molecule has 0 aromatic rings. The summed E-state index contributed by atoms with van der Waals surface area (Å²) < 4.78 is 0. The Kier molecular flexibility index (Phi) is 3.84. The van der Waals surface area contributed by atoms with Gasteiger partial charge in [0.2, 0.25) is 0 Å². The maximum atomic E-state index is 12.3. The summed E-state index contributed by atoms with van der Waals surface area (Å²) >= 11 is 1.87. The molecular weight excluding hydrogens is 276 g/mol. The Hall–Kier alpha value is -0.910. The third kappa shape index (κ3) is 2.38. The molecule has 0 aromatic heterocycles. The third-order valence-corrected chi connectivity index (χ3v) is 6.41. The number of nitrogens with zero attached hydrogens (tertiary/aromatic N) is 1. The van der Waals surface area contributed by atoms with E-state index in [4.69, 9.17) is 0 Å². The van der Waals surface area contributed by atoms with E-state index in [1.165, 1.54) is 0 Å². The summed E-state index contributed by atoms with van der Waals surface area (Å²) in [5.74, 6) is 1.58. The summed E-state index contributed by atoms with van der Waals surface area (Å²) in [7, 11) is 1.83. The van der Waals surface area contributed by atoms with Crippen LogP contribution in [-0.4, -0.2) is 52.6 Å². The number of aliphatic carboxylic acids is 1. The highest BCUT2D eigenvalue weighted by Gasteiger charge is 2.51. The fourth-order valence-corrected chi connectivity index (χ4v) is 5.36. The van der Waals surface area contributed by atoms with Gasteiger partial charge in [0.25, 0.3) is 0 Å². The van der Waals surface area contributed by atoms with Gasteiger partial charge < -0.3 is 15.3 Å². The van der Waals surface area contributed by atoms with Crippen molar-refractivity contribution in [1.82, 2.24) is 10.2 Å². The Morgan fingerprint density at radius 3 is 2.65 bits per heavy atom. The SMILES string of the molecule is CN(C(=O)NC1C2CCC(C2)C1C(=O)O)C1CCSC1. The maximum Gasteiger partial charge on any atom is 0.317 e. The van der Waals surface area contributed by atoms with Gasteiger partial charge in [-0.15, -0.1) is 0 Å². The second kappa shape index (κ2) is 5.47. The minimum atomic E-state index is -0.749. The Morgan fingerprint density at radius 1 is 1.25 bits per heavy atom. The van der Waals surface area contributed by atoms with Crippen LogP contribution in [0.3, 0.4) is 0 Å². The molecular formula is C14H22N2O3S. The number of hydrogen-bond donors (Lipinski definition) is 2. The van der Waals surface area contributed by atoms with Crippen LogP contribution < -0.4 is 5.32 Å². The van der Waals surface area contributed by atoms with E-state index < -0.39 is 5.97 Å². The molecule has 0 radical (unpaired) electrons. The number of amides is 2. The first kappa shape index (κ1) is 14.0. The number of thioether (sulfide) groups is 1. The molecule has 3 fully saturated rings. The number of fused-ring (bicyclic) bond motifs is 2. The van der Waals surface area contributed by atoms with Gasteiger partial charge >= 0.3 is 12.0 Å². The molecule has 1 saturated heterocycles. The van der Waals surface area contributed by atoms with Crippen LogP contribution in [0.15, 0.2) is 0 Å². The first-order chi connectivity index (χ1) is 9.58. The van der Waals surface area contributed by atoms with Crippen molar-refractivity contribution in [1.29, 1.82) is 0 Å². The smallest absolute Gasteiger partial charge is 0.317 e. The molecule has 2 amide bonds. The molecule has 0 spiro atoms. The van der Waals surface area contributed by atoms with Gasteiger partial charge in [-0.1, -0.05) is 0 Å². The van der Waals surface area contributed by atoms with Crippen LogP contribution >= 0.6 is 11.8 Å². The lowest BCUT2D eigenvalue weighted by Gasteiger charge is -2.32. The van der Waals surface area contributed by atoms with E-state index in [1.54, 1.807) is 4.90 Å². The Morgan fingerprint density at radius 2 is 2.00 bits per heavy atom. The van der Waals surface area contributed by atoms with Crippen LogP contribution in [0.4, 0.5) is 4.79 Å². The molecule has 112 valence electrons. The number of carbonyl (C=O) groups excluding carboxylic acids is 1. The summed E-state index contributed by atoms with van der Waals surface area (Å²) in [6.07, 6.45) is 4.06. The van der Waals surface area contributed by atoms with Gasteiger partial charge in [-0.3, -0.25) is 4.79 Å². The number of urea groups is 1. The van der Waals surface area contributed by atoms with Crippen molar-refractivity contribution in [3.05, 3.63) is 0 Å². The van der Waals surface area contributed by atoms with Crippen LogP contribution in [0.5, 0.6) is 0 Å². The molecule has 5 atom stereocenters. The Labute approximate surface area is 123 Å². The number of hydrogen-bond acceptors (Lipinski definition) is 3. The Bertz CT molecular complexity index is 411. The van der Waals surface area contributed by atoms with E-state index >= 15 is 0 Å². The van der Waals surface area contributed by atoms with E-state index in [2.05, 4.69) is 5.32 Å². The highest BCUT2D eigenvalue weighted by Crippen LogP contribution is 2.48. The fourth-order valence-electron chi connectivity index (χ4n) is 4.09. The maximum absolute atomic E-state index is 12.3. The Balaban J connectivity index is 1.64. The highest BCUT2D eigenvalue weighted by molar-refractivity contribution is 7.99. The average molecular weight is 298 g/mol. The van der Waals surface area contributed by atoms with Crippen LogP contribution in [0, 0.1) is 17.8 Å². The molecule has 3 rings (SSSR count). The van der Waals surface area contributed by atoms with Crippen LogP contribution in [0.2, 0.25) is 0 Å². The first-order valence-corrected chi connectivity index (χ1v) is 8.57. The topological polar surface area (TPSA) is 69.6 Å². The van der Waals surface area contributed by atoms with E-state index in [-0.39, 0.29) is 23.9 Å². The molecule has 2 saturated carbocycles. The van der Waals surface area contributed by atoms with E-state index in [9.17, 15) is 14.7 Å². The van der Waals surface area contributed by atoms with E-state index in [0.717, 1.165) is 37.2 Å². The van der Waals surface area contributed by atoms with Gasteiger partial charge in [-0.2, -0.15) is 11.8 Å². The summed E-state index contributed by atoms with van der Waals surface area (Å²) in [4.78, 5) is 25.6. The number of carboxylic acid groups (broad SMARTS) is 1. The molecule has 2 bridgehead atoms. The predicted molar refractivity (Wildman–Crippen MR) is 77.8 cm³/mol. The average Bonchev–Trinajstić information content (AvgIpc) is 3.13. The second-order valence-corrected chi connectivity index (χ2v) is 7.45. The van der Waals surface area contributed by atoms with Gasteiger partial charge in [-0.25, -0.2) is 4.79 Å². The predicted octanol–water partition coefficient (Wildman–Crippen LogP) is 1.63. The number of carbonyl (C=O) groups is 2. The molecule has 1 aliphatic heterocycles. The zero-order valence-electron chi connectivity index (χ0n) is 11.7. The molecule has 1 heterocycles. The molecule has 5 unspecified atom stereocenters. The summed E-state index contributed by atoms with van der Waals surface area (Å²) in [5.41, 5.74) is 0. The van der Waals surface area contributed by atoms with Crippen molar-refractivity contribution in [2.75, 3.05) is 18.6 Å². The minimum Gasteiger partial charge on any atom is -0.481 e. The molecule has 2 N–H and O–H groups in total. The number of carboxylic acids is 1. The standard InChI is InChI=1S/C14H22N2O3S/c1-16(10-4-5-20-7-10)14(19)15-12-9-3-2-8(6-9)11(12)13(17)18/h8-12H,2-7H2,1H3,(H,15,19)(H,17,18). The first-order valence-electron chi connectivity index (χ1n) is 7.42. The largest absolute Gasteiger partial charge is 0.481 e. The van der Waals surface area contributed by atoms with Crippen molar-refractivity contribution >= 4 is 23.8 Å². The number of rotatable bonds is 3. The second-order valence-electron chi connectivity index (χ2n) is 6.30. The van der Waals surface area contributed by atoms with Gasteiger partial charge in [0, 0.05) is 24.9 Å². The van der Waals surface area contributed by atoms with Gasteiger partial charge in [0.05, 0.1) is 5.92 Å². The summed E-state index contributed by atoms with van der Waals surface area (Å²) in [6.45, 7) is 0. The van der Waals surface area contributed by atoms with Crippen molar-refractivity contribution in [3.63, 3.8) is 0 Å². The van der Waals surface area contributed by atoms with E-state index in [1.807, 2.05) is 18.8 Å². The highest BCUT2D eigenvalue weighted by atomic mass is 32.2. The normalized spacial score (nSPS) is 39.0. The zero-order valence-corrected chi connectivity index (χ0v) is 12.6. The van der Waals surface area contributed by atoms with E-state index in [0.29, 0.717) is 12.0 Å². The van der Waals surface area contributed by atoms with Gasteiger partial charge in [0.1, 0.15) is 0 Å². The fraction of sp³-hybridized carbons (Fsp3) is 0.857. The molecule has 2 aliphatic carbocycles. The number of nitrogens with one attached hydrogen (secondary N) is 1. The van der Waals surface area contributed by atoms with Crippen molar-refractivity contribution in [2.45, 2.75) is 37.8 Å². The molecule has 5 nitrogen and oxygen atoms in total. The zero-order chi connectivity index (χ0) is 14.3. The molecule has 0 aromatic carbocycles. The molecule has 3 aliphatic rings. The summed E-state index contributed by atoms with van der Waals surface area (Å²) in [6, 6.07) is 0.0263. The quantitative estimate of drug-likeness (QED) is 0.831. The van der Waals surface area contributed by atoms with Crippen LogP contribution in [-0.2, 0) is 4.79 Å². The lowest BCUT2D eigenvalue weighted by Crippen LogP contribution is -2.52. The van der Waals surface area contributed by atoms with Crippen molar-refractivity contribution in [3.8, 4) is 0 Å². The monoisotopic (exact) mass is 298 g/mol. The van der Waals surface area contributed by atoms with Crippen LogP contribution in [0.25, 0.3) is 0 Å². The third-order valence-electron chi connectivity index (χ3n) is 5.27. The van der Waals surface area contributed by atoms with Crippen molar-refractivity contribution < 1.29 is 14.7 Å². The molecule has 20 heavy (non-hydrogen) atoms. The van der Waals surface area contributed by atoms with Crippen LogP contribution in [0.1, 0.15) is 25.7 Å². The lowest BCUT2D eigenvalue weighted by atomic mass is 9.84. The van der Waals surface area contributed by atoms with Gasteiger partial charge in [-0.05, 0) is 43.3 Å². The van der Waals surface area contributed by atoms with Gasteiger partial charge in [0.15, 0.2) is 0 Å².